The van der Waals surface area contributed by atoms with Gasteiger partial charge in [-0.1, -0.05) is 52.4 Å². The van der Waals surface area contributed by atoms with E-state index in [4.69, 9.17) is 18.0 Å². The van der Waals surface area contributed by atoms with Crippen LogP contribution in [0.25, 0.3) is 0 Å². The molecule has 0 saturated heterocycles. The first-order valence-corrected chi connectivity index (χ1v) is 7.16. The minimum Gasteiger partial charge on any atom is -0.389 e. The highest BCUT2D eigenvalue weighted by atomic mass is 79.9. The Labute approximate surface area is 127 Å². The number of aryl methyl sites for hydroxylation is 1. The number of rotatable bonds is 4. The van der Waals surface area contributed by atoms with Crippen molar-refractivity contribution in [3.8, 4) is 0 Å². The summed E-state index contributed by atoms with van der Waals surface area (Å²) in [6.45, 7) is 2.85. The third-order valence-corrected chi connectivity index (χ3v) is 3.69. The molecule has 3 N–H and O–H groups in total. The van der Waals surface area contributed by atoms with E-state index >= 15 is 0 Å². The largest absolute Gasteiger partial charge is 0.389 e. The van der Waals surface area contributed by atoms with Crippen LogP contribution in [0.2, 0.25) is 0 Å². The van der Waals surface area contributed by atoms with E-state index in [1.807, 2.05) is 30.3 Å². The third-order valence-electron chi connectivity index (χ3n) is 2.98. The minimum absolute atomic E-state index is 0.403. The average Bonchev–Trinajstić information content (AvgIpc) is 2.37. The first kappa shape index (κ1) is 14.0. The fourth-order valence-electron chi connectivity index (χ4n) is 1.88. The molecule has 0 fully saturated rings. The van der Waals surface area contributed by atoms with Crippen molar-refractivity contribution in [3.63, 3.8) is 0 Å². The smallest absolute Gasteiger partial charge is 0.106 e. The van der Waals surface area contributed by atoms with Crippen LogP contribution in [-0.4, -0.2) is 4.99 Å². The predicted octanol–water partition coefficient (Wildman–Crippen LogP) is 4.00. The molecule has 19 heavy (non-hydrogen) atoms. The van der Waals surface area contributed by atoms with Crippen LogP contribution in [0.4, 0.5) is 5.69 Å². The Kier molecular flexibility index (Phi) is 4.56. The molecule has 4 heteroatoms. The highest BCUT2D eigenvalue weighted by Crippen LogP contribution is 2.22. The number of hydrogen-bond acceptors (Lipinski definition) is 2. The van der Waals surface area contributed by atoms with Crippen LogP contribution in [0.1, 0.15) is 16.7 Å². The first-order valence-electron chi connectivity index (χ1n) is 5.95. The van der Waals surface area contributed by atoms with Crippen LogP contribution < -0.4 is 11.1 Å². The zero-order valence-corrected chi connectivity index (χ0v) is 13.0. The molecular weight excluding hydrogens is 320 g/mol. The Bertz CT molecular complexity index is 611. The van der Waals surface area contributed by atoms with E-state index in [1.165, 1.54) is 11.1 Å². The Hall–Kier alpha value is -1.39. The number of halogens is 1. The zero-order chi connectivity index (χ0) is 13.8. The van der Waals surface area contributed by atoms with Gasteiger partial charge in [0.05, 0.1) is 0 Å². The second-order valence-corrected chi connectivity index (χ2v) is 5.69. The van der Waals surface area contributed by atoms with Gasteiger partial charge in [0.1, 0.15) is 4.99 Å². The van der Waals surface area contributed by atoms with Gasteiger partial charge in [-0.2, -0.15) is 0 Å². The summed E-state index contributed by atoms with van der Waals surface area (Å²) in [6.07, 6.45) is 0. The van der Waals surface area contributed by atoms with Gasteiger partial charge in [0, 0.05) is 22.3 Å². The molecule has 0 bridgehead atoms. The second-order valence-electron chi connectivity index (χ2n) is 4.33. The Morgan fingerprint density at radius 3 is 2.68 bits per heavy atom. The van der Waals surface area contributed by atoms with E-state index in [1.54, 1.807) is 0 Å². The number of hydrogen-bond donors (Lipinski definition) is 2. The van der Waals surface area contributed by atoms with Gasteiger partial charge in [0.2, 0.25) is 0 Å². The van der Waals surface area contributed by atoms with Crippen LogP contribution in [0.15, 0.2) is 46.9 Å². The standard InChI is InChI=1S/C15H15BrN2S/c1-10-4-2-3-5-11(10)9-18-14-8-12(16)6-7-13(14)15(17)19/h2-8,18H,9H2,1H3,(H2,17,19). The Morgan fingerprint density at radius 1 is 1.26 bits per heavy atom. The van der Waals surface area contributed by atoms with E-state index in [9.17, 15) is 0 Å². The molecule has 0 unspecified atom stereocenters. The number of benzene rings is 2. The summed E-state index contributed by atoms with van der Waals surface area (Å²) in [4.78, 5) is 0.403. The molecule has 2 aromatic rings. The maximum atomic E-state index is 5.74. The van der Waals surface area contributed by atoms with Crippen molar-refractivity contribution in [1.82, 2.24) is 0 Å². The van der Waals surface area contributed by atoms with Gasteiger partial charge in [0.15, 0.2) is 0 Å². The van der Waals surface area contributed by atoms with Crippen LogP contribution >= 0.6 is 28.1 Å². The van der Waals surface area contributed by atoms with Crippen molar-refractivity contribution >= 4 is 38.8 Å². The van der Waals surface area contributed by atoms with Crippen molar-refractivity contribution in [1.29, 1.82) is 0 Å². The second kappa shape index (κ2) is 6.17. The Balaban J connectivity index is 2.22. The average molecular weight is 335 g/mol. The van der Waals surface area contributed by atoms with Crippen molar-refractivity contribution in [2.75, 3.05) is 5.32 Å². The van der Waals surface area contributed by atoms with Gasteiger partial charge in [-0.25, -0.2) is 0 Å². The molecule has 0 spiro atoms. The van der Waals surface area contributed by atoms with E-state index in [0.29, 0.717) is 4.99 Å². The number of thiocarbonyl (C=S) groups is 1. The molecule has 0 aliphatic carbocycles. The molecule has 0 aliphatic heterocycles. The molecule has 0 amide bonds. The summed E-state index contributed by atoms with van der Waals surface area (Å²) in [5.74, 6) is 0. The SMILES string of the molecule is Cc1ccccc1CNc1cc(Br)ccc1C(N)=S. The number of anilines is 1. The summed E-state index contributed by atoms with van der Waals surface area (Å²) in [5, 5.41) is 3.40. The molecule has 0 radical (unpaired) electrons. The molecule has 0 saturated carbocycles. The first-order chi connectivity index (χ1) is 9.08. The molecule has 2 nitrogen and oxygen atoms in total. The van der Waals surface area contributed by atoms with Crippen molar-refractivity contribution in [2.24, 2.45) is 5.73 Å². The van der Waals surface area contributed by atoms with Gasteiger partial charge in [-0.15, -0.1) is 0 Å². The molecule has 0 aromatic heterocycles. The van der Waals surface area contributed by atoms with E-state index in [-0.39, 0.29) is 0 Å². The quantitative estimate of drug-likeness (QED) is 0.830. The van der Waals surface area contributed by atoms with Crippen molar-refractivity contribution < 1.29 is 0 Å². The molecule has 0 atom stereocenters. The normalized spacial score (nSPS) is 10.2. The third kappa shape index (κ3) is 3.55. The maximum Gasteiger partial charge on any atom is 0.106 e. The highest BCUT2D eigenvalue weighted by molar-refractivity contribution is 9.10. The van der Waals surface area contributed by atoms with Crippen LogP contribution in [-0.2, 0) is 6.54 Å². The maximum absolute atomic E-state index is 5.74. The zero-order valence-electron chi connectivity index (χ0n) is 10.6. The fraction of sp³-hybridized carbons (Fsp3) is 0.133. The summed E-state index contributed by atoms with van der Waals surface area (Å²) >= 11 is 8.53. The van der Waals surface area contributed by atoms with Crippen molar-refractivity contribution in [3.05, 3.63) is 63.6 Å². The topological polar surface area (TPSA) is 38.0 Å². The van der Waals surface area contributed by atoms with Crippen LogP contribution in [0, 0.1) is 6.92 Å². The van der Waals surface area contributed by atoms with Crippen LogP contribution in [0.5, 0.6) is 0 Å². The predicted molar refractivity (Wildman–Crippen MR) is 88.5 cm³/mol. The van der Waals surface area contributed by atoms with Gasteiger partial charge < -0.3 is 11.1 Å². The van der Waals surface area contributed by atoms with Gasteiger partial charge >= 0.3 is 0 Å². The number of nitrogens with one attached hydrogen (secondary N) is 1. The number of nitrogens with two attached hydrogens (primary N) is 1. The summed E-state index contributed by atoms with van der Waals surface area (Å²) < 4.78 is 1.000. The Morgan fingerprint density at radius 2 is 2.00 bits per heavy atom. The summed E-state index contributed by atoms with van der Waals surface area (Å²) in [5.41, 5.74) is 10.1. The summed E-state index contributed by atoms with van der Waals surface area (Å²) in [7, 11) is 0. The van der Waals surface area contributed by atoms with Gasteiger partial charge in [0.25, 0.3) is 0 Å². The lowest BCUT2D eigenvalue weighted by molar-refractivity contribution is 1.12. The molecule has 0 aliphatic rings. The lowest BCUT2D eigenvalue weighted by Crippen LogP contribution is -2.13. The lowest BCUT2D eigenvalue weighted by Gasteiger charge is -2.13. The van der Waals surface area contributed by atoms with E-state index in [2.05, 4.69) is 40.3 Å². The fourth-order valence-corrected chi connectivity index (χ4v) is 2.42. The molecule has 2 aromatic carbocycles. The van der Waals surface area contributed by atoms with Crippen LogP contribution in [0.3, 0.4) is 0 Å². The highest BCUT2D eigenvalue weighted by Gasteiger charge is 2.06. The van der Waals surface area contributed by atoms with Crippen molar-refractivity contribution in [2.45, 2.75) is 13.5 Å². The summed E-state index contributed by atoms with van der Waals surface area (Å²) in [6, 6.07) is 14.2. The molecule has 2 rings (SSSR count). The molecule has 98 valence electrons. The van der Waals surface area contributed by atoms with Gasteiger partial charge in [-0.3, -0.25) is 0 Å². The molecule has 0 heterocycles. The minimum atomic E-state index is 0.403. The molecular formula is C15H15BrN2S. The van der Waals surface area contributed by atoms with Gasteiger partial charge in [-0.05, 0) is 36.2 Å². The monoisotopic (exact) mass is 334 g/mol. The van der Waals surface area contributed by atoms with E-state index in [0.717, 1.165) is 22.3 Å². The lowest BCUT2D eigenvalue weighted by atomic mass is 10.1. The van der Waals surface area contributed by atoms with E-state index < -0.39 is 0 Å².